The Kier molecular flexibility index (Phi) is 4.73. The molecular weight excluding hydrogens is 354 g/mol. The van der Waals surface area contributed by atoms with Gasteiger partial charge < -0.3 is 10.0 Å². The maximum absolute atomic E-state index is 13.4. The van der Waals surface area contributed by atoms with Crippen LogP contribution < -0.4 is 0 Å². The molecule has 0 aromatic heterocycles. The number of amides is 3. The summed E-state index contributed by atoms with van der Waals surface area (Å²) in [6, 6.07) is 8.80. The fraction of sp³-hybridized carbons (Fsp3) is 0.300. The van der Waals surface area contributed by atoms with E-state index >= 15 is 0 Å². The highest BCUT2D eigenvalue weighted by atomic mass is 19.1. The molecule has 3 amide bonds. The van der Waals surface area contributed by atoms with Gasteiger partial charge in [0, 0.05) is 14.1 Å². The van der Waals surface area contributed by atoms with Gasteiger partial charge in [0.15, 0.2) is 0 Å². The standard InChI is InChI=1S/C20H20F2N2O3/c1-12-17(23(2)19(26)24(3)18(12)25)20(27,13-4-8-15(21)9-5-13)14-6-10-16(22)11-7-14/h4-12,17,27H,1-3H3/t12-,17-/m1/s1. The van der Waals surface area contributed by atoms with Crippen molar-refractivity contribution in [2.24, 2.45) is 5.92 Å². The van der Waals surface area contributed by atoms with Crippen LogP contribution in [0.1, 0.15) is 18.1 Å². The van der Waals surface area contributed by atoms with E-state index in [0.717, 1.165) is 4.90 Å². The van der Waals surface area contributed by atoms with Gasteiger partial charge in [-0.25, -0.2) is 13.6 Å². The Balaban J connectivity index is 2.23. The summed E-state index contributed by atoms with van der Waals surface area (Å²) in [5.41, 5.74) is -1.25. The minimum atomic E-state index is -1.85. The molecule has 0 aliphatic carbocycles. The molecule has 1 heterocycles. The topological polar surface area (TPSA) is 60.9 Å². The van der Waals surface area contributed by atoms with Gasteiger partial charge in [0.25, 0.3) is 0 Å². The Bertz CT molecular complexity index is 800. The van der Waals surface area contributed by atoms with E-state index in [0.29, 0.717) is 11.1 Å². The van der Waals surface area contributed by atoms with Gasteiger partial charge in [-0.1, -0.05) is 31.2 Å². The van der Waals surface area contributed by atoms with Gasteiger partial charge in [0.05, 0.1) is 12.0 Å². The summed E-state index contributed by atoms with van der Waals surface area (Å²) in [6.07, 6.45) is 0. The van der Waals surface area contributed by atoms with E-state index < -0.39 is 41.1 Å². The van der Waals surface area contributed by atoms with Gasteiger partial charge in [0.1, 0.15) is 17.2 Å². The average Bonchev–Trinajstić information content (AvgIpc) is 2.65. The Morgan fingerprint density at radius 2 is 1.30 bits per heavy atom. The first-order valence-electron chi connectivity index (χ1n) is 8.46. The van der Waals surface area contributed by atoms with E-state index in [1.165, 1.54) is 67.5 Å². The lowest BCUT2D eigenvalue weighted by molar-refractivity contribution is -0.142. The third-order valence-corrected chi connectivity index (χ3v) is 5.20. The molecular formula is C20H20F2N2O3. The van der Waals surface area contributed by atoms with Crippen LogP contribution in [-0.2, 0) is 10.4 Å². The third-order valence-electron chi connectivity index (χ3n) is 5.20. The molecule has 0 bridgehead atoms. The summed E-state index contributed by atoms with van der Waals surface area (Å²) in [4.78, 5) is 27.4. The van der Waals surface area contributed by atoms with Crippen LogP contribution in [0.2, 0.25) is 0 Å². The van der Waals surface area contributed by atoms with Crippen molar-refractivity contribution in [1.29, 1.82) is 0 Å². The Morgan fingerprint density at radius 3 is 1.70 bits per heavy atom. The molecule has 0 unspecified atom stereocenters. The van der Waals surface area contributed by atoms with Crippen molar-refractivity contribution in [3.8, 4) is 0 Å². The van der Waals surface area contributed by atoms with Crippen molar-refractivity contribution in [2.45, 2.75) is 18.6 Å². The molecule has 5 nitrogen and oxygen atoms in total. The predicted octanol–water partition coefficient (Wildman–Crippen LogP) is 2.73. The second kappa shape index (κ2) is 6.74. The molecule has 3 rings (SSSR count). The third kappa shape index (κ3) is 2.98. The number of carbonyl (C=O) groups excluding carboxylic acids is 2. The van der Waals surface area contributed by atoms with Crippen LogP contribution in [-0.4, -0.2) is 47.0 Å². The second-order valence-corrected chi connectivity index (χ2v) is 6.80. The fourth-order valence-corrected chi connectivity index (χ4v) is 3.78. The minimum Gasteiger partial charge on any atom is -0.378 e. The molecule has 1 aliphatic heterocycles. The molecule has 1 fully saturated rings. The van der Waals surface area contributed by atoms with Crippen molar-refractivity contribution in [1.82, 2.24) is 9.80 Å². The number of nitrogens with zero attached hydrogens (tertiary/aromatic N) is 2. The first kappa shape index (κ1) is 19.0. The van der Waals surface area contributed by atoms with Crippen LogP contribution in [0.3, 0.4) is 0 Å². The van der Waals surface area contributed by atoms with Gasteiger partial charge in [0.2, 0.25) is 5.91 Å². The van der Waals surface area contributed by atoms with Gasteiger partial charge in [-0.15, -0.1) is 0 Å². The number of aliphatic hydroxyl groups is 1. The maximum atomic E-state index is 13.4. The largest absolute Gasteiger partial charge is 0.378 e. The summed E-state index contributed by atoms with van der Waals surface area (Å²) in [5.74, 6) is -2.17. The lowest BCUT2D eigenvalue weighted by atomic mass is 9.73. The maximum Gasteiger partial charge on any atom is 0.326 e. The van der Waals surface area contributed by atoms with E-state index in [9.17, 15) is 23.5 Å². The SMILES string of the molecule is C[C@H]1C(=O)N(C)C(=O)N(C)[C@H]1C(O)(c1ccc(F)cc1)c1ccc(F)cc1. The molecule has 142 valence electrons. The zero-order valence-corrected chi connectivity index (χ0v) is 15.2. The molecule has 1 saturated heterocycles. The minimum absolute atomic E-state index is 0.296. The molecule has 2 aromatic carbocycles. The van der Waals surface area contributed by atoms with Gasteiger partial charge in [-0.2, -0.15) is 0 Å². The quantitative estimate of drug-likeness (QED) is 0.899. The summed E-state index contributed by atoms with van der Waals surface area (Å²) in [6.45, 7) is 1.62. The van der Waals surface area contributed by atoms with Crippen LogP contribution in [0, 0.1) is 17.6 Å². The number of benzene rings is 2. The lowest BCUT2D eigenvalue weighted by Crippen LogP contribution is -2.65. The molecule has 7 heteroatoms. The van der Waals surface area contributed by atoms with Crippen molar-refractivity contribution < 1.29 is 23.5 Å². The molecule has 27 heavy (non-hydrogen) atoms. The number of hydrogen-bond acceptors (Lipinski definition) is 3. The molecule has 1 aliphatic rings. The number of carbonyl (C=O) groups is 2. The van der Waals surface area contributed by atoms with Crippen LogP contribution in [0.4, 0.5) is 13.6 Å². The molecule has 2 atom stereocenters. The monoisotopic (exact) mass is 374 g/mol. The zero-order chi connectivity index (χ0) is 19.9. The number of likely N-dealkylation sites (N-methyl/N-ethyl adjacent to an activating group) is 1. The average molecular weight is 374 g/mol. The number of rotatable bonds is 3. The highest BCUT2D eigenvalue weighted by Gasteiger charge is 2.53. The first-order valence-corrected chi connectivity index (χ1v) is 8.46. The van der Waals surface area contributed by atoms with E-state index in [1.54, 1.807) is 6.92 Å². The van der Waals surface area contributed by atoms with E-state index in [-0.39, 0.29) is 0 Å². The molecule has 1 N–H and O–H groups in total. The predicted molar refractivity (Wildman–Crippen MR) is 94.7 cm³/mol. The summed E-state index contributed by atoms with van der Waals surface area (Å²) in [5, 5.41) is 11.8. The first-order chi connectivity index (χ1) is 12.7. The Hall–Kier alpha value is -2.80. The van der Waals surface area contributed by atoms with E-state index in [4.69, 9.17) is 0 Å². The number of imide groups is 1. The van der Waals surface area contributed by atoms with Crippen LogP contribution in [0.25, 0.3) is 0 Å². The van der Waals surface area contributed by atoms with Crippen molar-refractivity contribution in [3.63, 3.8) is 0 Å². The van der Waals surface area contributed by atoms with Crippen LogP contribution in [0.15, 0.2) is 48.5 Å². The van der Waals surface area contributed by atoms with E-state index in [2.05, 4.69) is 0 Å². The molecule has 0 radical (unpaired) electrons. The van der Waals surface area contributed by atoms with Crippen LogP contribution in [0.5, 0.6) is 0 Å². The van der Waals surface area contributed by atoms with Gasteiger partial charge >= 0.3 is 6.03 Å². The van der Waals surface area contributed by atoms with Crippen molar-refractivity contribution >= 4 is 11.9 Å². The second-order valence-electron chi connectivity index (χ2n) is 6.80. The smallest absolute Gasteiger partial charge is 0.326 e. The molecule has 0 saturated carbocycles. The van der Waals surface area contributed by atoms with Crippen molar-refractivity contribution in [2.75, 3.05) is 14.1 Å². The Labute approximate surface area is 155 Å². The normalized spacial score (nSPS) is 21.0. The zero-order valence-electron chi connectivity index (χ0n) is 15.2. The lowest BCUT2D eigenvalue weighted by Gasteiger charge is -2.48. The number of urea groups is 1. The van der Waals surface area contributed by atoms with E-state index in [1.807, 2.05) is 0 Å². The highest BCUT2D eigenvalue weighted by molar-refractivity contribution is 5.98. The van der Waals surface area contributed by atoms with Crippen molar-refractivity contribution in [3.05, 3.63) is 71.3 Å². The number of hydrogen-bond donors (Lipinski definition) is 1. The summed E-state index contributed by atoms with van der Waals surface area (Å²) in [7, 11) is 2.87. The molecule has 0 spiro atoms. The molecule has 2 aromatic rings. The van der Waals surface area contributed by atoms with Gasteiger partial charge in [-0.05, 0) is 35.4 Å². The Morgan fingerprint density at radius 1 is 0.889 bits per heavy atom. The highest BCUT2D eigenvalue weighted by Crippen LogP contribution is 2.41. The summed E-state index contributed by atoms with van der Waals surface area (Å²) >= 11 is 0. The van der Waals surface area contributed by atoms with Crippen LogP contribution >= 0.6 is 0 Å². The number of halogens is 2. The fourth-order valence-electron chi connectivity index (χ4n) is 3.78. The summed E-state index contributed by atoms with van der Waals surface area (Å²) < 4.78 is 26.9. The van der Waals surface area contributed by atoms with Gasteiger partial charge in [-0.3, -0.25) is 9.69 Å².